The summed E-state index contributed by atoms with van der Waals surface area (Å²) in [6.07, 6.45) is -0.113. The van der Waals surface area contributed by atoms with Crippen molar-refractivity contribution in [3.8, 4) is 11.5 Å². The molecule has 0 radical (unpaired) electrons. The smallest absolute Gasteiger partial charge is 0.262 e. The zero-order valence-corrected chi connectivity index (χ0v) is 24.7. The molecule has 2 saturated heterocycles. The molecule has 0 bridgehead atoms. The number of methoxy groups -OCH3 is 1. The Morgan fingerprint density at radius 2 is 1.52 bits per heavy atom. The summed E-state index contributed by atoms with van der Waals surface area (Å²) < 4.78 is 11.9. The molecule has 40 heavy (non-hydrogen) atoms. The second-order valence-electron chi connectivity index (χ2n) is 10.7. The van der Waals surface area contributed by atoms with Gasteiger partial charge in [0.25, 0.3) is 5.91 Å². The molecule has 9 heteroatoms. The number of nitrogens with one attached hydrogen (secondary N) is 3. The minimum Gasteiger partial charge on any atom is -0.497 e. The molecule has 3 unspecified atom stereocenters. The Morgan fingerprint density at radius 3 is 2.02 bits per heavy atom. The zero-order valence-electron chi connectivity index (χ0n) is 23.2. The van der Waals surface area contributed by atoms with Crippen molar-refractivity contribution in [1.82, 2.24) is 20.9 Å². The topological polar surface area (TPSA) is 74.9 Å². The Hall–Kier alpha value is -2.81. The van der Waals surface area contributed by atoms with Crippen molar-refractivity contribution in [1.29, 1.82) is 0 Å². The Balaban J connectivity index is 1.69. The fraction of sp³-hybridized carbons (Fsp3) is 0.387. The van der Waals surface area contributed by atoms with Crippen LogP contribution in [0.15, 0.2) is 66.7 Å². The first-order valence-electron chi connectivity index (χ1n) is 13.6. The number of halogens is 2. The van der Waals surface area contributed by atoms with E-state index >= 15 is 0 Å². The number of carbonyl (C=O) groups excluding carboxylic acids is 1. The van der Waals surface area contributed by atoms with E-state index in [2.05, 4.69) is 22.9 Å². The van der Waals surface area contributed by atoms with Crippen LogP contribution >= 0.6 is 23.2 Å². The number of ether oxygens (including phenoxy) is 2. The quantitative estimate of drug-likeness (QED) is 0.344. The van der Waals surface area contributed by atoms with Crippen LogP contribution in [0.2, 0.25) is 10.0 Å². The molecule has 7 nitrogen and oxygen atoms in total. The van der Waals surface area contributed by atoms with E-state index in [1.807, 2.05) is 85.5 Å². The summed E-state index contributed by atoms with van der Waals surface area (Å²) in [5.41, 5.74) is 1.41. The van der Waals surface area contributed by atoms with E-state index in [1.54, 1.807) is 7.11 Å². The maximum absolute atomic E-state index is 14.8. The molecule has 0 spiro atoms. The highest BCUT2D eigenvalue weighted by molar-refractivity contribution is 6.30. The summed E-state index contributed by atoms with van der Waals surface area (Å²) in [5.74, 6) is 1.17. The monoisotopic (exact) mass is 582 g/mol. The van der Waals surface area contributed by atoms with Gasteiger partial charge in [-0.3, -0.25) is 15.4 Å². The lowest BCUT2D eigenvalue weighted by molar-refractivity contribution is -0.141. The van der Waals surface area contributed by atoms with Crippen LogP contribution in [0.3, 0.4) is 0 Å². The van der Waals surface area contributed by atoms with Crippen molar-refractivity contribution >= 4 is 29.1 Å². The van der Waals surface area contributed by atoms with Crippen LogP contribution in [0.4, 0.5) is 0 Å². The molecule has 0 aromatic heterocycles. The summed E-state index contributed by atoms with van der Waals surface area (Å²) in [6, 6.07) is 20.8. The first kappa shape index (κ1) is 28.7. The maximum atomic E-state index is 14.8. The highest BCUT2D eigenvalue weighted by atomic mass is 35.5. The van der Waals surface area contributed by atoms with Crippen molar-refractivity contribution in [2.45, 2.75) is 50.7 Å². The molecule has 0 aliphatic carbocycles. The number of piperazine rings is 1. The van der Waals surface area contributed by atoms with Crippen molar-refractivity contribution in [2.24, 2.45) is 0 Å². The molecule has 2 fully saturated rings. The summed E-state index contributed by atoms with van der Waals surface area (Å²) in [6.45, 7) is 7.95. The SMILES string of the molecule is COc1ccc(C2(C(=O)N3CCNC(C)C3)NC(c3ccc(Cl)cc3)C(c3ccc(Cl)cc3)N2)c(OC(C)C)c1. The normalized spacial score (nSPS) is 24.8. The molecule has 212 valence electrons. The molecular weight excluding hydrogens is 547 g/mol. The van der Waals surface area contributed by atoms with E-state index in [-0.39, 0.29) is 30.1 Å². The highest BCUT2D eigenvalue weighted by Crippen LogP contribution is 2.45. The van der Waals surface area contributed by atoms with Crippen LogP contribution in [0.5, 0.6) is 11.5 Å². The molecule has 1 amide bonds. The Kier molecular flexibility index (Phi) is 8.59. The third kappa shape index (κ3) is 5.80. The number of carbonyl (C=O) groups is 1. The van der Waals surface area contributed by atoms with Gasteiger partial charge >= 0.3 is 0 Å². The molecule has 3 aromatic carbocycles. The molecule has 5 rings (SSSR count). The number of benzene rings is 3. The van der Waals surface area contributed by atoms with E-state index in [0.717, 1.165) is 17.7 Å². The van der Waals surface area contributed by atoms with Crippen molar-refractivity contribution < 1.29 is 14.3 Å². The summed E-state index contributed by atoms with van der Waals surface area (Å²) in [5, 5.41) is 12.3. The van der Waals surface area contributed by atoms with E-state index in [4.69, 9.17) is 32.7 Å². The van der Waals surface area contributed by atoms with Gasteiger partial charge in [0.05, 0.1) is 25.3 Å². The second kappa shape index (κ2) is 12.0. The van der Waals surface area contributed by atoms with Gasteiger partial charge in [0, 0.05) is 47.4 Å². The lowest BCUT2D eigenvalue weighted by Crippen LogP contribution is -2.63. The third-order valence-electron chi connectivity index (χ3n) is 7.47. The predicted octanol–water partition coefficient (Wildman–Crippen LogP) is 5.44. The van der Waals surface area contributed by atoms with Gasteiger partial charge in [-0.05, 0) is 68.3 Å². The molecule has 2 aliphatic rings. The van der Waals surface area contributed by atoms with Crippen LogP contribution in [-0.4, -0.2) is 49.7 Å². The molecule has 3 N–H and O–H groups in total. The third-order valence-corrected chi connectivity index (χ3v) is 7.97. The number of rotatable bonds is 7. The van der Waals surface area contributed by atoms with Gasteiger partial charge in [-0.15, -0.1) is 0 Å². The van der Waals surface area contributed by atoms with Gasteiger partial charge in [-0.25, -0.2) is 0 Å². The Labute approximate surface area is 246 Å². The predicted molar refractivity (Wildman–Crippen MR) is 159 cm³/mol. The van der Waals surface area contributed by atoms with Gasteiger partial charge in [-0.2, -0.15) is 0 Å². The van der Waals surface area contributed by atoms with E-state index in [9.17, 15) is 4.79 Å². The first-order chi connectivity index (χ1) is 19.2. The second-order valence-corrected chi connectivity index (χ2v) is 11.6. The van der Waals surface area contributed by atoms with Crippen molar-refractivity contribution in [3.05, 3.63) is 93.5 Å². The molecule has 3 aromatic rings. The van der Waals surface area contributed by atoms with Crippen LogP contribution in [0.25, 0.3) is 0 Å². The Morgan fingerprint density at radius 1 is 0.950 bits per heavy atom. The molecule has 2 heterocycles. The lowest BCUT2D eigenvalue weighted by atomic mass is 9.95. The number of amides is 1. The lowest BCUT2D eigenvalue weighted by Gasteiger charge is -2.40. The van der Waals surface area contributed by atoms with Crippen LogP contribution in [-0.2, 0) is 10.5 Å². The maximum Gasteiger partial charge on any atom is 0.262 e. The highest BCUT2D eigenvalue weighted by Gasteiger charge is 2.54. The van der Waals surface area contributed by atoms with E-state index in [0.29, 0.717) is 40.2 Å². The standard InChI is InChI=1S/C31H36Cl2N4O3/c1-19(2)40-27-17-25(39-4)13-14-26(27)31(30(38)37-16-15-34-20(3)18-37)35-28(21-5-9-23(32)10-6-21)29(36-31)22-7-11-24(33)12-8-22/h5-14,17,19-20,28-29,34-36H,15-16,18H2,1-4H3. The summed E-state index contributed by atoms with van der Waals surface area (Å²) in [7, 11) is 1.62. The molecule has 3 atom stereocenters. The molecular formula is C31H36Cl2N4O3. The van der Waals surface area contributed by atoms with Crippen molar-refractivity contribution in [2.75, 3.05) is 26.7 Å². The number of hydrogen-bond acceptors (Lipinski definition) is 6. The average molecular weight is 584 g/mol. The number of hydrogen-bond donors (Lipinski definition) is 3. The van der Waals surface area contributed by atoms with Gasteiger partial charge in [0.1, 0.15) is 11.5 Å². The first-order valence-corrected chi connectivity index (χ1v) is 14.4. The number of nitrogens with zero attached hydrogens (tertiary/aromatic N) is 1. The van der Waals surface area contributed by atoms with Crippen LogP contribution in [0.1, 0.15) is 49.5 Å². The largest absolute Gasteiger partial charge is 0.497 e. The van der Waals surface area contributed by atoms with E-state index < -0.39 is 5.66 Å². The van der Waals surface area contributed by atoms with Crippen LogP contribution < -0.4 is 25.4 Å². The summed E-state index contributed by atoms with van der Waals surface area (Å²) >= 11 is 12.5. The van der Waals surface area contributed by atoms with Gasteiger partial charge in [0.15, 0.2) is 5.66 Å². The fourth-order valence-electron chi connectivity index (χ4n) is 5.61. The van der Waals surface area contributed by atoms with Gasteiger partial charge in [0.2, 0.25) is 0 Å². The summed E-state index contributed by atoms with van der Waals surface area (Å²) in [4.78, 5) is 16.7. The fourth-order valence-corrected chi connectivity index (χ4v) is 5.86. The van der Waals surface area contributed by atoms with Gasteiger partial charge in [-0.1, -0.05) is 47.5 Å². The minimum absolute atomic E-state index is 0.0601. The van der Waals surface area contributed by atoms with Crippen molar-refractivity contribution in [3.63, 3.8) is 0 Å². The minimum atomic E-state index is -1.29. The average Bonchev–Trinajstić information content (AvgIpc) is 3.34. The van der Waals surface area contributed by atoms with Crippen LogP contribution in [0, 0.1) is 0 Å². The zero-order chi connectivity index (χ0) is 28.4. The van der Waals surface area contributed by atoms with Gasteiger partial charge < -0.3 is 19.7 Å². The molecule has 2 aliphatic heterocycles. The Bertz CT molecular complexity index is 1280. The molecule has 0 saturated carbocycles. The van der Waals surface area contributed by atoms with E-state index in [1.165, 1.54) is 0 Å².